The van der Waals surface area contributed by atoms with Gasteiger partial charge in [-0.05, 0) is 37.6 Å². The maximum atomic E-state index is 3.60. The molecule has 0 radical (unpaired) electrons. The molecule has 13 heavy (non-hydrogen) atoms. The quantitative estimate of drug-likeness (QED) is 0.709. The van der Waals surface area contributed by atoms with Crippen LogP contribution in [0.1, 0.15) is 47.0 Å². The summed E-state index contributed by atoms with van der Waals surface area (Å²) < 4.78 is 0. The number of nitrogens with one attached hydrogen (secondary N) is 1. The predicted molar refractivity (Wildman–Crippen MR) is 58.8 cm³/mol. The van der Waals surface area contributed by atoms with Gasteiger partial charge >= 0.3 is 0 Å². The summed E-state index contributed by atoms with van der Waals surface area (Å²) in [4.78, 5) is 0. The van der Waals surface area contributed by atoms with E-state index in [9.17, 15) is 0 Å². The molecule has 0 aromatic heterocycles. The Labute approximate surface area is 83.3 Å². The van der Waals surface area contributed by atoms with Crippen LogP contribution in [0.3, 0.4) is 0 Å². The molecule has 1 rings (SSSR count). The SMILES string of the molecule is CCCC1CCNC(C)C1C(C)C. The zero-order valence-corrected chi connectivity index (χ0v) is 9.64. The van der Waals surface area contributed by atoms with E-state index in [-0.39, 0.29) is 0 Å². The van der Waals surface area contributed by atoms with Crippen molar-refractivity contribution in [3.8, 4) is 0 Å². The number of rotatable bonds is 3. The first-order valence-electron chi connectivity index (χ1n) is 5.90. The molecule has 1 saturated heterocycles. The van der Waals surface area contributed by atoms with Gasteiger partial charge in [-0.1, -0.05) is 33.6 Å². The fourth-order valence-electron chi connectivity index (χ4n) is 3.06. The highest BCUT2D eigenvalue weighted by atomic mass is 14.9. The van der Waals surface area contributed by atoms with Crippen molar-refractivity contribution in [1.82, 2.24) is 5.32 Å². The van der Waals surface area contributed by atoms with E-state index < -0.39 is 0 Å². The largest absolute Gasteiger partial charge is 0.314 e. The minimum atomic E-state index is 0.727. The summed E-state index contributed by atoms with van der Waals surface area (Å²) in [6.07, 6.45) is 4.16. The maximum Gasteiger partial charge on any atom is 0.00720 e. The van der Waals surface area contributed by atoms with Gasteiger partial charge in [-0.2, -0.15) is 0 Å². The van der Waals surface area contributed by atoms with Gasteiger partial charge in [0, 0.05) is 6.04 Å². The van der Waals surface area contributed by atoms with Crippen LogP contribution in [-0.2, 0) is 0 Å². The minimum Gasteiger partial charge on any atom is -0.314 e. The summed E-state index contributed by atoms with van der Waals surface area (Å²) in [7, 11) is 0. The van der Waals surface area contributed by atoms with Crippen LogP contribution in [0.25, 0.3) is 0 Å². The Balaban J connectivity index is 2.57. The highest BCUT2D eigenvalue weighted by Gasteiger charge is 2.31. The van der Waals surface area contributed by atoms with Crippen LogP contribution in [0, 0.1) is 17.8 Å². The van der Waals surface area contributed by atoms with Gasteiger partial charge < -0.3 is 5.32 Å². The molecular formula is C12H25N. The van der Waals surface area contributed by atoms with E-state index in [2.05, 4.69) is 33.0 Å². The Hall–Kier alpha value is -0.0400. The molecule has 1 fully saturated rings. The van der Waals surface area contributed by atoms with Gasteiger partial charge in [-0.3, -0.25) is 0 Å². The van der Waals surface area contributed by atoms with E-state index in [0.29, 0.717) is 0 Å². The average molecular weight is 183 g/mol. The third-order valence-electron chi connectivity index (χ3n) is 3.53. The summed E-state index contributed by atoms with van der Waals surface area (Å²) in [6.45, 7) is 10.6. The summed E-state index contributed by atoms with van der Waals surface area (Å²) in [5, 5.41) is 3.60. The second-order valence-electron chi connectivity index (χ2n) is 4.90. The molecule has 0 aromatic rings. The molecule has 1 N–H and O–H groups in total. The lowest BCUT2D eigenvalue weighted by Gasteiger charge is -2.40. The van der Waals surface area contributed by atoms with Crippen molar-refractivity contribution in [2.24, 2.45) is 17.8 Å². The van der Waals surface area contributed by atoms with Crippen LogP contribution in [0.4, 0.5) is 0 Å². The molecule has 3 atom stereocenters. The Morgan fingerprint density at radius 3 is 2.62 bits per heavy atom. The lowest BCUT2D eigenvalue weighted by Crippen LogP contribution is -2.46. The number of piperidine rings is 1. The molecule has 0 bridgehead atoms. The fraction of sp³-hybridized carbons (Fsp3) is 1.00. The van der Waals surface area contributed by atoms with Crippen LogP contribution in [0.2, 0.25) is 0 Å². The van der Waals surface area contributed by atoms with Gasteiger partial charge in [0.2, 0.25) is 0 Å². The van der Waals surface area contributed by atoms with Gasteiger partial charge in [0.05, 0.1) is 0 Å². The molecule has 0 aliphatic carbocycles. The predicted octanol–water partition coefficient (Wildman–Crippen LogP) is 3.06. The summed E-state index contributed by atoms with van der Waals surface area (Å²) >= 11 is 0. The summed E-state index contributed by atoms with van der Waals surface area (Å²) in [5.41, 5.74) is 0. The topological polar surface area (TPSA) is 12.0 Å². The highest BCUT2D eigenvalue weighted by Crippen LogP contribution is 2.33. The summed E-state index contributed by atoms with van der Waals surface area (Å²) in [6, 6.07) is 0.727. The van der Waals surface area contributed by atoms with Gasteiger partial charge in [-0.25, -0.2) is 0 Å². The van der Waals surface area contributed by atoms with Crippen LogP contribution >= 0.6 is 0 Å². The Morgan fingerprint density at radius 1 is 1.38 bits per heavy atom. The van der Waals surface area contributed by atoms with Gasteiger partial charge in [0.1, 0.15) is 0 Å². The van der Waals surface area contributed by atoms with Crippen molar-refractivity contribution in [3.63, 3.8) is 0 Å². The smallest absolute Gasteiger partial charge is 0.00720 e. The van der Waals surface area contributed by atoms with E-state index in [1.165, 1.54) is 25.8 Å². The number of hydrogen-bond donors (Lipinski definition) is 1. The maximum absolute atomic E-state index is 3.60. The van der Waals surface area contributed by atoms with E-state index in [1.54, 1.807) is 0 Å². The lowest BCUT2D eigenvalue weighted by atomic mass is 9.73. The third-order valence-corrected chi connectivity index (χ3v) is 3.53. The van der Waals surface area contributed by atoms with Crippen molar-refractivity contribution in [2.75, 3.05) is 6.54 Å². The zero-order chi connectivity index (χ0) is 9.84. The molecule has 3 unspecified atom stereocenters. The van der Waals surface area contributed by atoms with Gasteiger partial charge in [0.15, 0.2) is 0 Å². The van der Waals surface area contributed by atoms with E-state index in [0.717, 1.165) is 23.8 Å². The standard InChI is InChI=1S/C12H25N/c1-5-6-11-7-8-13-10(4)12(11)9(2)3/h9-13H,5-8H2,1-4H3. The van der Waals surface area contributed by atoms with Crippen molar-refractivity contribution in [2.45, 2.75) is 53.0 Å². The van der Waals surface area contributed by atoms with E-state index in [1.807, 2.05) is 0 Å². The molecule has 0 amide bonds. The monoisotopic (exact) mass is 183 g/mol. The van der Waals surface area contributed by atoms with Crippen molar-refractivity contribution in [3.05, 3.63) is 0 Å². The third kappa shape index (κ3) is 2.70. The van der Waals surface area contributed by atoms with Crippen molar-refractivity contribution in [1.29, 1.82) is 0 Å². The second kappa shape index (κ2) is 4.99. The molecule has 0 aromatic carbocycles. The van der Waals surface area contributed by atoms with Crippen LogP contribution in [0.5, 0.6) is 0 Å². The zero-order valence-electron chi connectivity index (χ0n) is 9.64. The first-order chi connectivity index (χ1) is 6.16. The first-order valence-corrected chi connectivity index (χ1v) is 5.90. The molecule has 1 heterocycles. The molecule has 1 nitrogen and oxygen atoms in total. The normalized spacial score (nSPS) is 35.3. The summed E-state index contributed by atoms with van der Waals surface area (Å²) in [5.74, 6) is 2.70. The molecule has 0 saturated carbocycles. The number of hydrogen-bond acceptors (Lipinski definition) is 1. The van der Waals surface area contributed by atoms with Gasteiger partial charge in [-0.15, -0.1) is 0 Å². The molecule has 1 aliphatic heterocycles. The minimum absolute atomic E-state index is 0.727. The Bertz CT molecular complexity index is 140. The highest BCUT2D eigenvalue weighted by molar-refractivity contribution is 4.85. The molecule has 0 spiro atoms. The van der Waals surface area contributed by atoms with Crippen molar-refractivity contribution < 1.29 is 0 Å². The van der Waals surface area contributed by atoms with Gasteiger partial charge in [0.25, 0.3) is 0 Å². The van der Waals surface area contributed by atoms with E-state index >= 15 is 0 Å². The Kier molecular flexibility index (Phi) is 4.24. The van der Waals surface area contributed by atoms with Crippen molar-refractivity contribution >= 4 is 0 Å². The lowest BCUT2D eigenvalue weighted by molar-refractivity contribution is 0.139. The van der Waals surface area contributed by atoms with E-state index in [4.69, 9.17) is 0 Å². The van der Waals surface area contributed by atoms with Crippen LogP contribution in [0.15, 0.2) is 0 Å². The molecule has 78 valence electrons. The Morgan fingerprint density at radius 2 is 2.08 bits per heavy atom. The fourth-order valence-corrected chi connectivity index (χ4v) is 3.06. The molecule has 1 aliphatic rings. The molecule has 1 heteroatoms. The van der Waals surface area contributed by atoms with Crippen LogP contribution < -0.4 is 5.32 Å². The molecular weight excluding hydrogens is 158 g/mol. The first kappa shape index (κ1) is 11.0. The van der Waals surface area contributed by atoms with Crippen LogP contribution in [-0.4, -0.2) is 12.6 Å². The average Bonchev–Trinajstić information content (AvgIpc) is 2.04. The second-order valence-corrected chi connectivity index (χ2v) is 4.90.